The normalized spacial score (nSPS) is 11.3. The Morgan fingerprint density at radius 2 is 2.11 bits per heavy atom. The summed E-state index contributed by atoms with van der Waals surface area (Å²) in [6.45, 7) is 0.280. The average Bonchev–Trinajstić information content (AvgIpc) is 2.46. The number of hydrogen-bond donors (Lipinski definition) is 2. The van der Waals surface area contributed by atoms with Crippen LogP contribution in [0, 0.1) is 0 Å². The van der Waals surface area contributed by atoms with Gasteiger partial charge < -0.3 is 15.7 Å². The van der Waals surface area contributed by atoms with Crippen molar-refractivity contribution in [1.82, 2.24) is 4.98 Å². The van der Waals surface area contributed by atoms with E-state index in [-0.39, 0.29) is 12.4 Å². The van der Waals surface area contributed by atoms with E-state index >= 15 is 0 Å². The standard InChI is InChI=1S/C13H12BrN3O2/c14-10-5-1-2-6-11(10)19-8-9-4-3-7-16-12(9)13(15)17-18/h1-7,18H,8H2,(H2,15,17). The number of oxime groups is 1. The van der Waals surface area contributed by atoms with Crippen molar-refractivity contribution in [2.75, 3.05) is 0 Å². The topological polar surface area (TPSA) is 80.7 Å². The monoisotopic (exact) mass is 321 g/mol. The lowest BCUT2D eigenvalue weighted by molar-refractivity contribution is 0.302. The van der Waals surface area contributed by atoms with E-state index < -0.39 is 0 Å². The predicted molar refractivity (Wildman–Crippen MR) is 75.2 cm³/mol. The number of amidine groups is 1. The van der Waals surface area contributed by atoms with Gasteiger partial charge in [-0.05, 0) is 34.1 Å². The lowest BCUT2D eigenvalue weighted by Gasteiger charge is -2.10. The summed E-state index contributed by atoms with van der Waals surface area (Å²) in [4.78, 5) is 4.08. The van der Waals surface area contributed by atoms with Gasteiger partial charge in [-0.1, -0.05) is 23.4 Å². The van der Waals surface area contributed by atoms with Gasteiger partial charge in [0.05, 0.1) is 4.47 Å². The molecule has 1 heterocycles. The van der Waals surface area contributed by atoms with Crippen LogP contribution >= 0.6 is 15.9 Å². The summed E-state index contributed by atoms with van der Waals surface area (Å²) in [5.74, 6) is 0.683. The molecular formula is C13H12BrN3O2. The van der Waals surface area contributed by atoms with Crippen molar-refractivity contribution in [3.8, 4) is 5.75 Å². The van der Waals surface area contributed by atoms with Crippen LogP contribution in [-0.4, -0.2) is 16.0 Å². The fourth-order valence-corrected chi connectivity index (χ4v) is 1.95. The molecule has 0 atom stereocenters. The van der Waals surface area contributed by atoms with Crippen LogP contribution in [0.4, 0.5) is 0 Å². The number of nitrogens with two attached hydrogens (primary N) is 1. The number of para-hydroxylation sites is 1. The predicted octanol–water partition coefficient (Wildman–Crippen LogP) is 2.52. The maximum Gasteiger partial charge on any atom is 0.189 e. The van der Waals surface area contributed by atoms with Crippen LogP contribution in [0.15, 0.2) is 52.2 Å². The third kappa shape index (κ3) is 3.23. The highest BCUT2D eigenvalue weighted by molar-refractivity contribution is 9.10. The molecule has 2 aromatic rings. The number of aromatic nitrogens is 1. The quantitative estimate of drug-likeness (QED) is 0.392. The van der Waals surface area contributed by atoms with Crippen molar-refractivity contribution in [2.24, 2.45) is 10.9 Å². The molecule has 0 radical (unpaired) electrons. The Labute approximate surface area is 118 Å². The van der Waals surface area contributed by atoms with Gasteiger partial charge in [0.2, 0.25) is 0 Å². The molecule has 0 amide bonds. The number of benzene rings is 1. The van der Waals surface area contributed by atoms with Crippen molar-refractivity contribution in [3.63, 3.8) is 0 Å². The van der Waals surface area contributed by atoms with Crippen LogP contribution in [-0.2, 0) is 6.61 Å². The molecule has 98 valence electrons. The Balaban J connectivity index is 2.19. The molecule has 0 aliphatic heterocycles. The number of ether oxygens (including phenoxy) is 1. The maximum atomic E-state index is 8.72. The Hall–Kier alpha value is -2.08. The van der Waals surface area contributed by atoms with Gasteiger partial charge in [0.15, 0.2) is 5.84 Å². The molecule has 6 heteroatoms. The molecule has 0 saturated heterocycles. The van der Waals surface area contributed by atoms with E-state index in [9.17, 15) is 0 Å². The Morgan fingerprint density at radius 3 is 2.84 bits per heavy atom. The Kier molecular flexibility index (Phi) is 4.35. The first-order chi connectivity index (χ1) is 9.22. The van der Waals surface area contributed by atoms with Gasteiger partial charge in [-0.2, -0.15) is 0 Å². The van der Waals surface area contributed by atoms with E-state index in [1.807, 2.05) is 30.3 Å². The van der Waals surface area contributed by atoms with E-state index in [1.165, 1.54) is 0 Å². The summed E-state index contributed by atoms with van der Waals surface area (Å²) in [6.07, 6.45) is 1.58. The molecule has 1 aromatic heterocycles. The van der Waals surface area contributed by atoms with Crippen LogP contribution < -0.4 is 10.5 Å². The zero-order valence-electron chi connectivity index (χ0n) is 9.95. The van der Waals surface area contributed by atoms with Gasteiger partial charge in [0.25, 0.3) is 0 Å². The van der Waals surface area contributed by atoms with Crippen molar-refractivity contribution in [2.45, 2.75) is 6.61 Å². The summed E-state index contributed by atoms with van der Waals surface area (Å²) in [5.41, 5.74) is 6.72. The minimum atomic E-state index is -0.0358. The van der Waals surface area contributed by atoms with E-state index in [1.54, 1.807) is 12.3 Å². The highest BCUT2D eigenvalue weighted by Crippen LogP contribution is 2.24. The highest BCUT2D eigenvalue weighted by atomic mass is 79.9. The van der Waals surface area contributed by atoms with Crippen molar-refractivity contribution in [1.29, 1.82) is 0 Å². The van der Waals surface area contributed by atoms with Crippen LogP contribution in [0.2, 0.25) is 0 Å². The molecule has 0 spiro atoms. The molecule has 0 unspecified atom stereocenters. The first-order valence-electron chi connectivity index (χ1n) is 5.51. The summed E-state index contributed by atoms with van der Waals surface area (Å²) < 4.78 is 6.54. The second-order valence-electron chi connectivity index (χ2n) is 3.72. The molecule has 0 saturated carbocycles. The second kappa shape index (κ2) is 6.19. The van der Waals surface area contributed by atoms with E-state index in [2.05, 4.69) is 26.1 Å². The van der Waals surface area contributed by atoms with E-state index in [0.717, 1.165) is 15.8 Å². The molecule has 0 fully saturated rings. The average molecular weight is 322 g/mol. The lowest BCUT2D eigenvalue weighted by atomic mass is 10.2. The van der Waals surface area contributed by atoms with E-state index in [0.29, 0.717) is 5.69 Å². The summed E-state index contributed by atoms with van der Waals surface area (Å²) in [5, 5.41) is 11.7. The highest BCUT2D eigenvalue weighted by Gasteiger charge is 2.09. The molecule has 0 aliphatic carbocycles. The third-order valence-corrected chi connectivity index (χ3v) is 3.12. The number of hydrogen-bond acceptors (Lipinski definition) is 4. The van der Waals surface area contributed by atoms with Gasteiger partial charge >= 0.3 is 0 Å². The molecule has 1 aromatic carbocycles. The Morgan fingerprint density at radius 1 is 1.32 bits per heavy atom. The van der Waals surface area contributed by atoms with Crippen LogP contribution in [0.1, 0.15) is 11.3 Å². The van der Waals surface area contributed by atoms with E-state index in [4.69, 9.17) is 15.7 Å². The van der Waals surface area contributed by atoms with Crippen molar-refractivity contribution in [3.05, 3.63) is 58.3 Å². The molecule has 0 bridgehead atoms. The van der Waals surface area contributed by atoms with Crippen molar-refractivity contribution >= 4 is 21.8 Å². The minimum absolute atomic E-state index is 0.0358. The Bertz CT molecular complexity index is 602. The molecule has 19 heavy (non-hydrogen) atoms. The maximum absolute atomic E-state index is 8.72. The fraction of sp³-hybridized carbons (Fsp3) is 0.0769. The molecular weight excluding hydrogens is 310 g/mol. The van der Waals surface area contributed by atoms with Crippen LogP contribution in [0.25, 0.3) is 0 Å². The number of halogens is 1. The number of nitrogens with zero attached hydrogens (tertiary/aromatic N) is 2. The third-order valence-electron chi connectivity index (χ3n) is 2.46. The summed E-state index contributed by atoms with van der Waals surface area (Å²) in [7, 11) is 0. The van der Waals surface area contributed by atoms with Gasteiger partial charge in [-0.3, -0.25) is 4.98 Å². The summed E-state index contributed by atoms with van der Waals surface area (Å²) >= 11 is 3.40. The molecule has 0 aliphatic rings. The first kappa shape index (κ1) is 13.4. The lowest BCUT2D eigenvalue weighted by Crippen LogP contribution is -2.18. The molecule has 2 rings (SSSR count). The second-order valence-corrected chi connectivity index (χ2v) is 4.57. The fourth-order valence-electron chi connectivity index (χ4n) is 1.55. The minimum Gasteiger partial charge on any atom is -0.488 e. The molecule has 3 N–H and O–H groups in total. The van der Waals surface area contributed by atoms with Gasteiger partial charge in [0.1, 0.15) is 18.1 Å². The number of pyridine rings is 1. The van der Waals surface area contributed by atoms with Crippen LogP contribution in [0.3, 0.4) is 0 Å². The van der Waals surface area contributed by atoms with Gasteiger partial charge in [0, 0.05) is 11.8 Å². The van der Waals surface area contributed by atoms with Gasteiger partial charge in [-0.25, -0.2) is 0 Å². The zero-order chi connectivity index (χ0) is 13.7. The van der Waals surface area contributed by atoms with Crippen LogP contribution in [0.5, 0.6) is 5.75 Å². The smallest absolute Gasteiger partial charge is 0.189 e. The first-order valence-corrected chi connectivity index (χ1v) is 6.31. The van der Waals surface area contributed by atoms with Gasteiger partial charge in [-0.15, -0.1) is 0 Å². The molecule has 5 nitrogen and oxygen atoms in total. The zero-order valence-corrected chi connectivity index (χ0v) is 11.5. The summed E-state index contributed by atoms with van der Waals surface area (Å²) in [6, 6.07) is 11.1. The largest absolute Gasteiger partial charge is 0.488 e. The van der Waals surface area contributed by atoms with Crippen molar-refractivity contribution < 1.29 is 9.94 Å². The SMILES string of the molecule is NC(=NO)c1ncccc1COc1ccccc1Br. The number of rotatable bonds is 4.